The molecular weight excluding hydrogens is 482 g/mol. The molecule has 38 heavy (non-hydrogen) atoms. The highest BCUT2D eigenvalue weighted by molar-refractivity contribution is 6.26. The van der Waals surface area contributed by atoms with Gasteiger partial charge >= 0.3 is 5.97 Å². The number of carboxylic acids is 2. The second-order valence-electron chi connectivity index (χ2n) is 9.03. The molecule has 3 aromatic heterocycles. The van der Waals surface area contributed by atoms with Gasteiger partial charge in [-0.3, -0.25) is 4.90 Å². The number of hydrogen-bond acceptors (Lipinski definition) is 6. The average molecular weight is 510 g/mol. The van der Waals surface area contributed by atoms with Gasteiger partial charge in [-0.2, -0.15) is 0 Å². The number of nitrogens with zero attached hydrogens (tertiary/aromatic N) is 4. The highest BCUT2D eigenvalue weighted by atomic mass is 16.4. The predicted octanol–water partition coefficient (Wildman–Crippen LogP) is 2.11. The van der Waals surface area contributed by atoms with E-state index in [9.17, 15) is 0 Å². The third-order valence-corrected chi connectivity index (χ3v) is 6.54. The van der Waals surface area contributed by atoms with E-state index in [0.29, 0.717) is 0 Å². The zero-order valence-corrected chi connectivity index (χ0v) is 20.7. The molecule has 6 rings (SSSR count). The predicted molar refractivity (Wildman–Crippen MR) is 141 cm³/mol. The van der Waals surface area contributed by atoms with Crippen LogP contribution in [0.1, 0.15) is 5.56 Å². The van der Waals surface area contributed by atoms with Crippen LogP contribution < -0.4 is 15.0 Å². The molecule has 0 radical (unpaired) electrons. The van der Waals surface area contributed by atoms with E-state index in [1.165, 1.54) is 22.2 Å². The lowest BCUT2D eigenvalue weighted by atomic mass is 10.1. The first-order chi connectivity index (χ1) is 18.5. The van der Waals surface area contributed by atoms with Crippen LogP contribution in [0.4, 0.5) is 5.82 Å². The largest absolute Gasteiger partial charge is 0.539 e. The van der Waals surface area contributed by atoms with Crippen LogP contribution >= 0.6 is 0 Å². The van der Waals surface area contributed by atoms with Crippen molar-refractivity contribution < 1.29 is 24.8 Å². The van der Waals surface area contributed by atoms with Crippen molar-refractivity contribution in [2.24, 2.45) is 0 Å². The summed E-state index contributed by atoms with van der Waals surface area (Å²) in [5.74, 6) is -2.93. The Morgan fingerprint density at radius 2 is 1.58 bits per heavy atom. The van der Waals surface area contributed by atoms with Crippen LogP contribution in [0.25, 0.3) is 27.8 Å². The molecule has 0 spiro atoms. The number of carboxylic acid groups (broad SMARTS) is 2. The van der Waals surface area contributed by atoms with Crippen LogP contribution in [-0.4, -0.2) is 57.5 Å². The number of aromatic amines is 1. The van der Waals surface area contributed by atoms with E-state index < -0.39 is 11.9 Å². The molecule has 0 amide bonds. The summed E-state index contributed by atoms with van der Waals surface area (Å²) in [4.78, 5) is 31.1. The number of para-hydroxylation sites is 2. The number of rotatable bonds is 4. The summed E-state index contributed by atoms with van der Waals surface area (Å²) in [5, 5.41) is 16.3. The fraction of sp³-hybridized carbons (Fsp3) is 0.172. The van der Waals surface area contributed by atoms with Gasteiger partial charge in [0.15, 0.2) is 5.97 Å². The Balaban J connectivity index is 0.000000443. The first-order valence-corrected chi connectivity index (χ1v) is 12.3. The molecule has 0 unspecified atom stereocenters. The number of aromatic nitrogens is 3. The molecule has 9 heteroatoms. The number of hydrogen-bond donors (Lipinski definition) is 1. The van der Waals surface area contributed by atoms with E-state index in [0.717, 1.165) is 49.8 Å². The molecule has 1 aliphatic rings. The second kappa shape index (κ2) is 11.1. The maximum Gasteiger partial charge on any atom is 0.351 e. The van der Waals surface area contributed by atoms with Gasteiger partial charge in [0, 0.05) is 56.7 Å². The molecule has 0 saturated carbocycles. The van der Waals surface area contributed by atoms with Crippen LogP contribution in [-0.2, 0) is 16.1 Å². The summed E-state index contributed by atoms with van der Waals surface area (Å²) in [7, 11) is 0. The number of aliphatic carboxylic acids is 2. The highest BCUT2D eigenvalue weighted by Crippen LogP contribution is 2.26. The van der Waals surface area contributed by atoms with Crippen molar-refractivity contribution in [2.75, 3.05) is 31.1 Å². The van der Waals surface area contributed by atoms with Crippen LogP contribution in [0.3, 0.4) is 0 Å². The van der Waals surface area contributed by atoms with Crippen molar-refractivity contribution in [1.82, 2.24) is 14.3 Å². The standard InChI is InChI=1S/C27H25N5.C2H2O4/c1-2-8-22(9-3-1)27-25-18-21(20-32(25)24-11-5-4-10-23(24)29-27)19-30-14-16-31(17-15-30)26-12-6-7-13-28-26;3-1(4)2(5)6/h1-13,18,20H,14-17,19H2;(H,3,4)(H,5,6). The highest BCUT2D eigenvalue weighted by Gasteiger charge is 2.21. The minimum atomic E-state index is -2.07. The summed E-state index contributed by atoms with van der Waals surface area (Å²) < 4.78 is 2.34. The molecule has 5 aromatic rings. The number of nitrogens with one attached hydrogen (secondary N) is 1. The van der Waals surface area contributed by atoms with Crippen molar-refractivity contribution in [3.63, 3.8) is 0 Å². The fourth-order valence-corrected chi connectivity index (χ4v) is 4.74. The molecule has 192 valence electrons. The Hall–Kier alpha value is -4.76. The van der Waals surface area contributed by atoms with Crippen molar-refractivity contribution in [3.05, 3.63) is 96.8 Å². The minimum absolute atomic E-state index is 0.959. The Morgan fingerprint density at radius 3 is 2.26 bits per heavy atom. The fourth-order valence-electron chi connectivity index (χ4n) is 4.74. The van der Waals surface area contributed by atoms with Crippen LogP contribution in [0, 0.1) is 0 Å². The van der Waals surface area contributed by atoms with Gasteiger partial charge in [0.05, 0.1) is 0 Å². The molecule has 2 aromatic carbocycles. The number of piperazine rings is 1. The van der Waals surface area contributed by atoms with Crippen molar-refractivity contribution >= 4 is 34.3 Å². The Kier molecular flexibility index (Phi) is 7.28. The van der Waals surface area contributed by atoms with Gasteiger partial charge in [-0.1, -0.05) is 36.4 Å². The molecule has 2 N–H and O–H groups in total. The number of carbonyl (C=O) groups excluding carboxylic acids is 1. The Morgan fingerprint density at radius 1 is 0.895 bits per heavy atom. The maximum atomic E-state index is 9.04. The number of benzene rings is 2. The van der Waals surface area contributed by atoms with Gasteiger partial charge in [-0.05, 0) is 42.0 Å². The summed E-state index contributed by atoms with van der Waals surface area (Å²) in [5.41, 5.74) is 7.28. The topological polar surface area (TPSA) is 115 Å². The van der Waals surface area contributed by atoms with Crippen molar-refractivity contribution in [3.8, 4) is 11.3 Å². The minimum Gasteiger partial charge on any atom is -0.539 e. The second-order valence-corrected chi connectivity index (χ2v) is 9.03. The molecule has 9 nitrogen and oxygen atoms in total. The van der Waals surface area contributed by atoms with E-state index in [1.807, 2.05) is 12.3 Å². The number of H-pyrrole nitrogens is 1. The number of carbonyl (C=O) groups is 2. The van der Waals surface area contributed by atoms with E-state index >= 15 is 0 Å². The molecular formula is C29H27N5O4. The van der Waals surface area contributed by atoms with E-state index in [1.54, 1.807) is 0 Å². The first kappa shape index (κ1) is 24.9. The number of fused-ring (bicyclic) bond motifs is 3. The molecule has 0 atom stereocenters. The van der Waals surface area contributed by atoms with E-state index in [-0.39, 0.29) is 0 Å². The van der Waals surface area contributed by atoms with Crippen LogP contribution in [0.15, 0.2) is 91.3 Å². The van der Waals surface area contributed by atoms with Gasteiger partial charge in [0.25, 0.3) is 0 Å². The van der Waals surface area contributed by atoms with E-state index in [4.69, 9.17) is 19.8 Å². The zero-order valence-electron chi connectivity index (χ0n) is 20.7. The molecule has 1 saturated heterocycles. The lowest BCUT2D eigenvalue weighted by molar-refractivity contribution is -0.330. The maximum absolute atomic E-state index is 9.04. The van der Waals surface area contributed by atoms with Gasteiger partial charge in [0.1, 0.15) is 16.9 Å². The van der Waals surface area contributed by atoms with Crippen LogP contribution in [0.2, 0.25) is 0 Å². The third kappa shape index (κ3) is 5.47. The van der Waals surface area contributed by atoms with Crippen molar-refractivity contribution in [2.45, 2.75) is 6.54 Å². The van der Waals surface area contributed by atoms with Crippen LogP contribution in [0.5, 0.6) is 0 Å². The molecule has 1 fully saturated rings. The zero-order chi connectivity index (χ0) is 26.5. The normalized spacial score (nSPS) is 13.7. The Labute approximate surface area is 219 Å². The van der Waals surface area contributed by atoms with Gasteiger partial charge in [-0.15, -0.1) is 0 Å². The first-order valence-electron chi connectivity index (χ1n) is 12.3. The van der Waals surface area contributed by atoms with E-state index in [2.05, 4.69) is 103 Å². The number of anilines is 1. The average Bonchev–Trinajstić information content (AvgIpc) is 3.38. The number of pyridine rings is 1. The van der Waals surface area contributed by atoms with Gasteiger partial charge < -0.3 is 24.3 Å². The SMILES string of the molecule is O=C([O-])C(=O)O.c1ccc(-c2[nH+]c3ccccc3n3cc(CN4CCN(c5ccccn5)CC4)cc23)cc1. The lowest BCUT2D eigenvalue weighted by Gasteiger charge is -2.35. The molecule has 0 aliphatic carbocycles. The molecule has 1 aliphatic heterocycles. The van der Waals surface area contributed by atoms with Crippen molar-refractivity contribution in [1.29, 1.82) is 0 Å². The van der Waals surface area contributed by atoms with Gasteiger partial charge in [-0.25, -0.2) is 14.8 Å². The summed E-state index contributed by atoms with van der Waals surface area (Å²) in [6, 6.07) is 27.6. The summed E-state index contributed by atoms with van der Waals surface area (Å²) in [6.45, 7) is 5.06. The smallest absolute Gasteiger partial charge is 0.351 e. The molecule has 0 bridgehead atoms. The monoisotopic (exact) mass is 509 g/mol. The summed E-state index contributed by atoms with van der Waals surface area (Å²) in [6.07, 6.45) is 4.18. The quantitative estimate of drug-likeness (QED) is 0.369. The summed E-state index contributed by atoms with van der Waals surface area (Å²) >= 11 is 0. The Bertz CT molecular complexity index is 1550. The molecule has 4 heterocycles. The lowest BCUT2D eigenvalue weighted by Crippen LogP contribution is -2.46. The van der Waals surface area contributed by atoms with Gasteiger partial charge in [0.2, 0.25) is 11.2 Å². The third-order valence-electron chi connectivity index (χ3n) is 6.54.